The first-order valence-electron chi connectivity index (χ1n) is 23.3. The number of aliphatic hydroxyl groups is 3. The van der Waals surface area contributed by atoms with Crippen LogP contribution in [-0.2, 0) is 48.2 Å². The van der Waals surface area contributed by atoms with Crippen molar-refractivity contribution in [3.8, 4) is 0 Å². The lowest BCUT2D eigenvalue weighted by Crippen LogP contribution is -2.36. The molecule has 0 aromatic heterocycles. The molecule has 0 aliphatic carbocycles. The van der Waals surface area contributed by atoms with E-state index in [-0.39, 0.29) is 35.9 Å². The summed E-state index contributed by atoms with van der Waals surface area (Å²) in [5.41, 5.74) is 5.34. The van der Waals surface area contributed by atoms with E-state index in [1.807, 2.05) is 115 Å². The zero-order valence-electron chi connectivity index (χ0n) is 38.6. The number of ether oxygens (including phenoxy) is 4. The Morgan fingerprint density at radius 3 is 1.45 bits per heavy atom. The Labute approximate surface area is 398 Å². The predicted octanol–water partition coefficient (Wildman–Crippen LogP) is 9.05. The molecule has 0 bridgehead atoms. The molecule has 3 N–H and O–H groups in total. The Hall–Kier alpha value is -5.60. The number of rotatable bonds is 15. The fraction of sp³-hybridized carbons (Fsp3) is 0.382. The topological polar surface area (TPSA) is 138 Å². The van der Waals surface area contributed by atoms with Crippen LogP contribution in [0.2, 0.25) is 18.1 Å². The Morgan fingerprint density at radius 1 is 0.552 bits per heavy atom. The Kier molecular flexibility index (Phi) is 21.3. The van der Waals surface area contributed by atoms with Crippen LogP contribution in [0.15, 0.2) is 133 Å². The summed E-state index contributed by atoms with van der Waals surface area (Å²) in [4.78, 5) is 29.2. The summed E-state index contributed by atoms with van der Waals surface area (Å²) >= 11 is 0. The number of benzene rings is 6. The summed E-state index contributed by atoms with van der Waals surface area (Å²) in [7, 11) is -0.171. The molecule has 0 spiro atoms. The zero-order valence-corrected chi connectivity index (χ0v) is 39.8. The maximum absolute atomic E-state index is 12.3. The fourth-order valence-corrected chi connectivity index (χ4v) is 10.1. The fourth-order valence-electron chi connectivity index (χ4n) is 8.34. The van der Waals surface area contributed by atoms with Crippen LogP contribution in [0.3, 0.4) is 0 Å². The maximum Gasteiger partial charge on any atom is 0.338 e. The highest BCUT2D eigenvalue weighted by Gasteiger charge is 2.29. The molecule has 358 valence electrons. The highest BCUT2D eigenvalue weighted by atomic mass is 28.3. The van der Waals surface area contributed by atoms with Crippen LogP contribution in [-0.4, -0.2) is 101 Å². The van der Waals surface area contributed by atoms with Gasteiger partial charge < -0.3 is 44.1 Å². The van der Waals surface area contributed by atoms with Crippen molar-refractivity contribution >= 4 is 53.7 Å². The van der Waals surface area contributed by atoms with Gasteiger partial charge in [-0.1, -0.05) is 168 Å². The van der Waals surface area contributed by atoms with Crippen molar-refractivity contribution in [1.29, 1.82) is 0 Å². The number of hydrogen-bond donors (Lipinski definition) is 3. The summed E-state index contributed by atoms with van der Waals surface area (Å²) in [6.07, 6.45) is -4.04. The third-order valence-corrected chi connectivity index (χ3v) is 15.8. The second-order valence-corrected chi connectivity index (χ2v) is 20.8. The average molecular weight is 931 g/mol. The quantitative estimate of drug-likeness (QED) is 0.0672. The van der Waals surface area contributed by atoms with Gasteiger partial charge in [0.05, 0.1) is 26.4 Å². The lowest BCUT2D eigenvalue weighted by atomic mass is 9.95. The van der Waals surface area contributed by atoms with Gasteiger partial charge in [0.2, 0.25) is 0 Å². The summed E-state index contributed by atoms with van der Waals surface area (Å²) in [5, 5.41) is 35.6. The second-order valence-electron chi connectivity index (χ2n) is 16.6. The van der Waals surface area contributed by atoms with E-state index in [0.717, 1.165) is 89.0 Å². The van der Waals surface area contributed by atoms with Crippen molar-refractivity contribution < 1.29 is 43.9 Å². The smallest absolute Gasteiger partial charge is 0.338 e. The number of esters is 2. The third kappa shape index (κ3) is 14.7. The number of morpholine rings is 2. The first-order chi connectivity index (χ1) is 32.2. The van der Waals surface area contributed by atoms with Crippen molar-refractivity contribution in [3.05, 3.63) is 156 Å². The molecule has 0 saturated carbocycles. The van der Waals surface area contributed by atoms with Gasteiger partial charge in [0.1, 0.15) is 19.3 Å². The molecule has 2 aliphatic rings. The van der Waals surface area contributed by atoms with E-state index in [4.69, 9.17) is 18.9 Å². The van der Waals surface area contributed by atoms with Gasteiger partial charge >= 0.3 is 11.9 Å². The molecule has 3 atom stereocenters. The lowest BCUT2D eigenvalue weighted by molar-refractivity contribution is -0.161. The summed E-state index contributed by atoms with van der Waals surface area (Å²) in [6, 6.07) is 46.7. The molecule has 0 unspecified atom stereocenters. The number of fused-ring (bicyclic) bond motifs is 2. The van der Waals surface area contributed by atoms with E-state index in [1.165, 1.54) is 18.1 Å². The maximum atomic E-state index is 12.3. The number of nitrogens with zero attached hydrogens (tertiary/aromatic N) is 2. The van der Waals surface area contributed by atoms with Gasteiger partial charge in [-0.05, 0) is 45.2 Å². The summed E-state index contributed by atoms with van der Waals surface area (Å²) in [5.74, 6) is -1.46. The van der Waals surface area contributed by atoms with Gasteiger partial charge in [-0.15, -0.1) is 0 Å². The minimum Gasteiger partial charge on any atom is -0.459 e. The van der Waals surface area contributed by atoms with Crippen molar-refractivity contribution in [2.45, 2.75) is 84.3 Å². The predicted molar refractivity (Wildman–Crippen MR) is 272 cm³/mol. The van der Waals surface area contributed by atoms with Gasteiger partial charge in [0.25, 0.3) is 0 Å². The van der Waals surface area contributed by atoms with E-state index in [2.05, 4.69) is 42.7 Å². The van der Waals surface area contributed by atoms with Crippen LogP contribution in [0.5, 0.6) is 0 Å². The minimum absolute atomic E-state index is 0. The van der Waals surface area contributed by atoms with Crippen LogP contribution in [0.4, 0.5) is 11.4 Å². The highest BCUT2D eigenvalue weighted by molar-refractivity contribution is 6.58. The van der Waals surface area contributed by atoms with Crippen molar-refractivity contribution in [2.75, 3.05) is 62.4 Å². The largest absolute Gasteiger partial charge is 0.459 e. The highest BCUT2D eigenvalue weighted by Crippen LogP contribution is 2.35. The van der Waals surface area contributed by atoms with Gasteiger partial charge in [0.15, 0.2) is 12.2 Å². The van der Waals surface area contributed by atoms with E-state index in [9.17, 15) is 24.9 Å². The molecule has 2 heterocycles. The van der Waals surface area contributed by atoms with Crippen LogP contribution >= 0.6 is 0 Å². The third-order valence-electron chi connectivity index (χ3n) is 12.4. The van der Waals surface area contributed by atoms with E-state index >= 15 is 0 Å². The van der Waals surface area contributed by atoms with Crippen LogP contribution in [0.25, 0.3) is 21.5 Å². The molecule has 2 aliphatic heterocycles. The average Bonchev–Trinajstić information content (AvgIpc) is 3.38. The summed E-state index contributed by atoms with van der Waals surface area (Å²) < 4.78 is 21.4. The van der Waals surface area contributed by atoms with Crippen LogP contribution in [0, 0.1) is 0 Å². The normalized spacial score (nSPS) is 15.0. The van der Waals surface area contributed by atoms with E-state index < -0.39 is 30.3 Å². The Balaban J connectivity index is 0.000000217. The number of aliphatic hydroxyl groups excluding tert-OH is 3. The number of anilines is 2. The molecule has 11 nitrogen and oxygen atoms in total. The van der Waals surface area contributed by atoms with Crippen LogP contribution < -0.4 is 9.80 Å². The Bertz CT molecular complexity index is 2400. The second kappa shape index (κ2) is 27.3. The number of carbonyl (C=O) groups excluding carboxylic acids is 2. The zero-order chi connectivity index (χ0) is 46.7. The van der Waals surface area contributed by atoms with Crippen molar-refractivity contribution in [1.82, 2.24) is 0 Å². The van der Waals surface area contributed by atoms with E-state index in [0.29, 0.717) is 18.8 Å². The SMILES string of the molecule is C.CC[SiH](CC)CC.O=C(OCc1ccccc1)[C@H](O)Cc1ccc(N2CCOCC2)c2ccccc12.O=C(OCc1ccccc1)[C@H](O)[C@@H](O)c1ccc(N2CCOCC2)c2ccccc12. The van der Waals surface area contributed by atoms with Gasteiger partial charge in [-0.25, -0.2) is 9.59 Å². The lowest BCUT2D eigenvalue weighted by Gasteiger charge is -2.30. The van der Waals surface area contributed by atoms with Gasteiger partial charge in [0, 0.05) is 63.5 Å². The monoisotopic (exact) mass is 930 g/mol. The van der Waals surface area contributed by atoms with Gasteiger partial charge in [-0.3, -0.25) is 0 Å². The number of hydrogen-bond acceptors (Lipinski definition) is 11. The Morgan fingerprint density at radius 2 is 0.970 bits per heavy atom. The molecular formula is C55H70N2O9Si. The molecule has 6 aromatic rings. The molecule has 8 rings (SSSR count). The molecule has 0 radical (unpaired) electrons. The molecule has 2 fully saturated rings. The number of carbonyl (C=O) groups is 2. The van der Waals surface area contributed by atoms with Gasteiger partial charge in [-0.2, -0.15) is 0 Å². The summed E-state index contributed by atoms with van der Waals surface area (Å²) in [6.45, 7) is 13.3. The standard InChI is InChI=1S/C24H25NO5.C24H25NO4.C6H16Si.CH4/c26-22(23(27)24(28)30-16-17-6-2-1-3-7-17)20-10-11-21(25-12-14-29-15-13-25)19-9-5-4-8-18(19)20;26-23(24(27)29-17-18-6-2-1-3-7-18)16-19-10-11-22(25-12-14-28-15-13-25)21-9-5-4-8-20(19)21;1-4-7(5-2)6-3;/h1-11,22-23,26-27H,12-16H2;1-11,23,26H,12-17H2;7H,4-6H2,1-3H3;1H4/t22-,23+;23-;;/m01../s1. The first kappa shape index (κ1) is 52.4. The van der Waals surface area contributed by atoms with Crippen LogP contribution in [0.1, 0.15) is 56.6 Å². The molecule has 0 amide bonds. The first-order valence-corrected chi connectivity index (χ1v) is 25.8. The van der Waals surface area contributed by atoms with Crippen molar-refractivity contribution in [3.63, 3.8) is 0 Å². The van der Waals surface area contributed by atoms with E-state index in [1.54, 1.807) is 6.07 Å². The molecule has 67 heavy (non-hydrogen) atoms. The molecular weight excluding hydrogens is 861 g/mol. The van der Waals surface area contributed by atoms with Crippen molar-refractivity contribution in [2.24, 2.45) is 0 Å². The molecule has 6 aromatic carbocycles. The minimum atomic E-state index is -1.67. The molecule has 12 heteroatoms. The molecule has 2 saturated heterocycles.